The summed E-state index contributed by atoms with van der Waals surface area (Å²) in [5.41, 5.74) is 3.81. The number of aliphatic hydroxyl groups is 1. The molecule has 1 aromatic carbocycles. The summed E-state index contributed by atoms with van der Waals surface area (Å²) >= 11 is 0. The summed E-state index contributed by atoms with van der Waals surface area (Å²) < 4.78 is 0. The van der Waals surface area contributed by atoms with Crippen LogP contribution in [0, 0.1) is 0 Å². The van der Waals surface area contributed by atoms with E-state index in [4.69, 9.17) is 0 Å². The highest BCUT2D eigenvalue weighted by molar-refractivity contribution is 5.52. The monoisotopic (exact) mass is 274 g/mol. The van der Waals surface area contributed by atoms with Gasteiger partial charge < -0.3 is 10.0 Å². The van der Waals surface area contributed by atoms with Crippen LogP contribution < -0.4 is 4.90 Å². The van der Waals surface area contributed by atoms with Gasteiger partial charge in [0.1, 0.15) is 0 Å². The Hall–Kier alpha value is -1.06. The molecule has 0 bridgehead atoms. The summed E-state index contributed by atoms with van der Waals surface area (Å²) in [6, 6.07) is 6.70. The van der Waals surface area contributed by atoms with E-state index < -0.39 is 0 Å². The van der Waals surface area contributed by atoms with E-state index in [1.165, 1.54) is 29.8 Å². The molecule has 1 atom stereocenters. The van der Waals surface area contributed by atoms with Crippen molar-refractivity contribution in [3.8, 4) is 0 Å². The molecule has 0 amide bonds. The summed E-state index contributed by atoms with van der Waals surface area (Å²) in [5.74, 6) is 0. The van der Waals surface area contributed by atoms with Crippen molar-refractivity contribution in [1.29, 1.82) is 0 Å². The number of hydrogen-bond donors (Lipinski definition) is 1. The molecule has 1 saturated heterocycles. The maximum absolute atomic E-state index is 10.2. The van der Waals surface area contributed by atoms with Crippen molar-refractivity contribution in [2.75, 3.05) is 37.6 Å². The van der Waals surface area contributed by atoms with Crippen LogP contribution in [0.15, 0.2) is 18.2 Å². The third-order valence-electron chi connectivity index (χ3n) is 4.69. The van der Waals surface area contributed by atoms with Gasteiger partial charge >= 0.3 is 0 Å². The first-order valence-electron chi connectivity index (χ1n) is 8.06. The van der Waals surface area contributed by atoms with Crippen LogP contribution in [-0.4, -0.2) is 42.7 Å². The second kappa shape index (κ2) is 6.15. The van der Waals surface area contributed by atoms with Crippen molar-refractivity contribution in [2.45, 2.75) is 38.7 Å². The van der Waals surface area contributed by atoms with Gasteiger partial charge in [0.25, 0.3) is 0 Å². The summed E-state index contributed by atoms with van der Waals surface area (Å²) in [5, 5.41) is 10.2. The lowest BCUT2D eigenvalue weighted by atomic mass is 9.89. The zero-order valence-corrected chi connectivity index (χ0v) is 12.5. The quantitative estimate of drug-likeness (QED) is 0.918. The molecule has 1 aliphatic carbocycles. The molecule has 3 rings (SSSR count). The summed E-state index contributed by atoms with van der Waals surface area (Å²) in [6.45, 7) is 8.00. The minimum atomic E-state index is -0.250. The number of piperazine rings is 1. The van der Waals surface area contributed by atoms with Crippen molar-refractivity contribution in [3.63, 3.8) is 0 Å². The number of benzene rings is 1. The topological polar surface area (TPSA) is 26.7 Å². The fourth-order valence-electron chi connectivity index (χ4n) is 3.50. The van der Waals surface area contributed by atoms with Gasteiger partial charge in [0.15, 0.2) is 0 Å². The van der Waals surface area contributed by atoms with E-state index in [1.54, 1.807) is 0 Å². The van der Waals surface area contributed by atoms with Gasteiger partial charge in [0.2, 0.25) is 0 Å². The molecule has 1 heterocycles. The molecular weight excluding hydrogens is 248 g/mol. The average molecular weight is 274 g/mol. The molecule has 0 radical (unpaired) electrons. The lowest BCUT2D eigenvalue weighted by Gasteiger charge is -2.36. The van der Waals surface area contributed by atoms with E-state index in [1.807, 2.05) is 0 Å². The standard InChI is InChI=1S/C17H26N2O/c1-2-8-18-9-11-19(12-10-18)15-7-6-14-4-3-5-17(20)16(14)13-15/h6-7,13,17,20H,2-5,8-12H2,1H3. The molecular formula is C17H26N2O. The smallest absolute Gasteiger partial charge is 0.0793 e. The van der Waals surface area contributed by atoms with Gasteiger partial charge in [0.05, 0.1) is 6.10 Å². The lowest BCUT2D eigenvalue weighted by Crippen LogP contribution is -2.46. The average Bonchev–Trinajstić information content (AvgIpc) is 2.49. The minimum absolute atomic E-state index is 0.250. The molecule has 0 saturated carbocycles. The van der Waals surface area contributed by atoms with Gasteiger partial charge in [-0.3, -0.25) is 4.90 Å². The highest BCUT2D eigenvalue weighted by Gasteiger charge is 2.21. The van der Waals surface area contributed by atoms with E-state index in [2.05, 4.69) is 34.9 Å². The Morgan fingerprint density at radius 3 is 2.75 bits per heavy atom. The SMILES string of the molecule is CCCN1CCN(c2ccc3c(c2)C(O)CCC3)CC1. The first-order valence-corrected chi connectivity index (χ1v) is 8.06. The summed E-state index contributed by atoms with van der Waals surface area (Å²) in [7, 11) is 0. The summed E-state index contributed by atoms with van der Waals surface area (Å²) in [4.78, 5) is 5.01. The first kappa shape index (κ1) is 13.9. The Kier molecular flexibility index (Phi) is 4.27. The zero-order chi connectivity index (χ0) is 13.9. The first-order chi connectivity index (χ1) is 9.78. The van der Waals surface area contributed by atoms with Gasteiger partial charge in [-0.25, -0.2) is 0 Å². The highest BCUT2D eigenvalue weighted by Crippen LogP contribution is 2.32. The Balaban J connectivity index is 1.71. The molecule has 2 aliphatic rings. The fourth-order valence-corrected chi connectivity index (χ4v) is 3.50. The second-order valence-corrected chi connectivity index (χ2v) is 6.12. The van der Waals surface area contributed by atoms with Crippen LogP contribution >= 0.6 is 0 Å². The number of aryl methyl sites for hydroxylation is 1. The number of rotatable bonds is 3. The van der Waals surface area contributed by atoms with Crippen molar-refractivity contribution < 1.29 is 5.11 Å². The number of aliphatic hydroxyl groups excluding tert-OH is 1. The molecule has 20 heavy (non-hydrogen) atoms. The molecule has 110 valence electrons. The van der Waals surface area contributed by atoms with E-state index >= 15 is 0 Å². The van der Waals surface area contributed by atoms with Crippen molar-refractivity contribution in [3.05, 3.63) is 29.3 Å². The third kappa shape index (κ3) is 2.84. The fraction of sp³-hybridized carbons (Fsp3) is 0.647. The van der Waals surface area contributed by atoms with Gasteiger partial charge in [-0.05, 0) is 55.5 Å². The van der Waals surface area contributed by atoms with Crippen LogP contribution in [-0.2, 0) is 6.42 Å². The van der Waals surface area contributed by atoms with Crippen LogP contribution in [0.1, 0.15) is 43.4 Å². The third-order valence-corrected chi connectivity index (χ3v) is 4.69. The minimum Gasteiger partial charge on any atom is -0.388 e. The van der Waals surface area contributed by atoms with E-state index in [0.29, 0.717) is 0 Å². The molecule has 3 nitrogen and oxygen atoms in total. The molecule has 1 aliphatic heterocycles. The highest BCUT2D eigenvalue weighted by atomic mass is 16.3. The van der Waals surface area contributed by atoms with Crippen LogP contribution in [0.25, 0.3) is 0 Å². The van der Waals surface area contributed by atoms with Gasteiger partial charge in [-0.15, -0.1) is 0 Å². The molecule has 3 heteroatoms. The van der Waals surface area contributed by atoms with Gasteiger partial charge in [-0.2, -0.15) is 0 Å². The Morgan fingerprint density at radius 2 is 2.00 bits per heavy atom. The summed E-state index contributed by atoms with van der Waals surface area (Å²) in [6.07, 6.45) is 4.14. The van der Waals surface area contributed by atoms with Crippen LogP contribution in [0.5, 0.6) is 0 Å². The van der Waals surface area contributed by atoms with Crippen molar-refractivity contribution in [2.24, 2.45) is 0 Å². The molecule has 1 fully saturated rings. The number of nitrogens with zero attached hydrogens (tertiary/aromatic N) is 2. The van der Waals surface area contributed by atoms with Crippen molar-refractivity contribution in [1.82, 2.24) is 4.90 Å². The number of anilines is 1. The zero-order valence-electron chi connectivity index (χ0n) is 12.5. The Bertz CT molecular complexity index is 452. The molecule has 0 aromatic heterocycles. The van der Waals surface area contributed by atoms with Gasteiger partial charge in [0, 0.05) is 31.9 Å². The molecule has 1 unspecified atom stereocenters. The normalized spacial score (nSPS) is 23.7. The van der Waals surface area contributed by atoms with Crippen LogP contribution in [0.3, 0.4) is 0 Å². The van der Waals surface area contributed by atoms with Crippen LogP contribution in [0.2, 0.25) is 0 Å². The second-order valence-electron chi connectivity index (χ2n) is 6.12. The Labute approximate surface area is 122 Å². The van der Waals surface area contributed by atoms with E-state index in [9.17, 15) is 5.11 Å². The van der Waals surface area contributed by atoms with Crippen molar-refractivity contribution >= 4 is 5.69 Å². The number of fused-ring (bicyclic) bond motifs is 1. The van der Waals surface area contributed by atoms with Gasteiger partial charge in [-0.1, -0.05) is 13.0 Å². The van der Waals surface area contributed by atoms with E-state index in [0.717, 1.165) is 45.4 Å². The van der Waals surface area contributed by atoms with E-state index in [-0.39, 0.29) is 6.10 Å². The molecule has 0 spiro atoms. The Morgan fingerprint density at radius 1 is 1.20 bits per heavy atom. The maximum atomic E-state index is 10.2. The number of hydrogen-bond acceptors (Lipinski definition) is 3. The largest absolute Gasteiger partial charge is 0.388 e. The molecule has 1 aromatic rings. The predicted octanol–water partition coefficient (Wildman–Crippen LogP) is 2.59. The predicted molar refractivity (Wildman–Crippen MR) is 83.3 cm³/mol. The lowest BCUT2D eigenvalue weighted by molar-refractivity contribution is 0.156. The molecule has 1 N–H and O–H groups in total. The maximum Gasteiger partial charge on any atom is 0.0793 e. The van der Waals surface area contributed by atoms with Crippen LogP contribution in [0.4, 0.5) is 5.69 Å².